The number of benzene rings is 2. The number of aromatic hydroxyl groups is 1. The van der Waals surface area contributed by atoms with E-state index in [2.05, 4.69) is 0 Å². The molecule has 0 bridgehead atoms. The summed E-state index contributed by atoms with van der Waals surface area (Å²) in [6, 6.07) is 9.34. The van der Waals surface area contributed by atoms with Gasteiger partial charge in [-0.2, -0.15) is 0 Å². The number of nitrogens with zero attached hydrogens (tertiary/aromatic N) is 1. The molecule has 2 aromatic carbocycles. The van der Waals surface area contributed by atoms with Crippen molar-refractivity contribution in [1.29, 1.82) is 0 Å². The van der Waals surface area contributed by atoms with Crippen LogP contribution < -0.4 is 5.43 Å². The van der Waals surface area contributed by atoms with Crippen LogP contribution in [0.4, 0.5) is 0 Å². The molecule has 3 heterocycles. The monoisotopic (exact) mass is 445 g/mol. The Hall–Kier alpha value is -2.84. The third kappa shape index (κ3) is 2.90. The molecule has 0 aliphatic carbocycles. The molecule has 0 saturated carbocycles. The fourth-order valence-electron chi connectivity index (χ4n) is 4.32. The number of rotatable bonds is 2. The normalized spacial score (nSPS) is 22.6. The van der Waals surface area contributed by atoms with Gasteiger partial charge in [0.05, 0.1) is 28.5 Å². The van der Waals surface area contributed by atoms with Crippen molar-refractivity contribution in [2.45, 2.75) is 18.5 Å². The Morgan fingerprint density at radius 3 is 2.50 bits per heavy atom. The molecule has 2 aliphatic rings. The molecular formula is C21H16ClNO6S. The topological polar surface area (TPSA) is 105 Å². The van der Waals surface area contributed by atoms with Gasteiger partial charge in [-0.05, 0) is 42.3 Å². The van der Waals surface area contributed by atoms with Gasteiger partial charge in [-0.25, -0.2) is 8.42 Å². The molecule has 1 aromatic heterocycles. The van der Waals surface area contributed by atoms with Gasteiger partial charge in [0, 0.05) is 11.1 Å². The smallest absolute Gasteiger partial charge is 0.291 e. The molecule has 30 heavy (non-hydrogen) atoms. The van der Waals surface area contributed by atoms with Crippen molar-refractivity contribution in [3.63, 3.8) is 0 Å². The summed E-state index contributed by atoms with van der Waals surface area (Å²) >= 11 is 6.05. The van der Waals surface area contributed by atoms with Crippen LogP contribution in [0.3, 0.4) is 0 Å². The molecule has 2 aliphatic heterocycles. The maximum atomic E-state index is 13.4. The third-order valence-electron chi connectivity index (χ3n) is 5.68. The molecular weight excluding hydrogens is 430 g/mol. The lowest BCUT2D eigenvalue weighted by Crippen LogP contribution is -2.40. The average Bonchev–Trinajstić information content (AvgIpc) is 3.20. The highest BCUT2D eigenvalue weighted by molar-refractivity contribution is 7.91. The summed E-state index contributed by atoms with van der Waals surface area (Å²) < 4.78 is 30.0. The molecule has 2 atom stereocenters. The molecule has 0 spiro atoms. The zero-order valence-electron chi connectivity index (χ0n) is 15.5. The van der Waals surface area contributed by atoms with Crippen molar-refractivity contribution in [1.82, 2.24) is 4.90 Å². The molecule has 1 fully saturated rings. The fourth-order valence-corrected chi connectivity index (χ4v) is 6.20. The van der Waals surface area contributed by atoms with Gasteiger partial charge >= 0.3 is 0 Å². The summed E-state index contributed by atoms with van der Waals surface area (Å²) in [6.07, 6.45) is 0.288. The molecule has 9 heteroatoms. The predicted octanol–water partition coefficient (Wildman–Crippen LogP) is 2.88. The third-order valence-corrected chi connectivity index (χ3v) is 7.66. The van der Waals surface area contributed by atoms with Crippen molar-refractivity contribution >= 4 is 38.3 Å². The lowest BCUT2D eigenvalue weighted by Gasteiger charge is -2.30. The molecule has 1 N–H and O–H groups in total. The maximum Gasteiger partial charge on any atom is 0.291 e. The molecule has 2 unspecified atom stereocenters. The number of fused-ring (bicyclic) bond motifs is 2. The minimum atomic E-state index is -3.27. The van der Waals surface area contributed by atoms with Gasteiger partial charge in [0.1, 0.15) is 11.3 Å². The second kappa shape index (κ2) is 6.58. The van der Waals surface area contributed by atoms with Crippen LogP contribution in [0.25, 0.3) is 11.0 Å². The number of sulfone groups is 1. The van der Waals surface area contributed by atoms with Crippen LogP contribution in [0.2, 0.25) is 5.02 Å². The second-order valence-corrected chi connectivity index (χ2v) is 10.2. The number of amides is 1. The van der Waals surface area contributed by atoms with E-state index in [9.17, 15) is 23.1 Å². The number of hydrogen-bond acceptors (Lipinski definition) is 6. The highest BCUT2D eigenvalue weighted by Gasteiger charge is 2.48. The van der Waals surface area contributed by atoms with Gasteiger partial charge < -0.3 is 14.4 Å². The number of phenols is 1. The summed E-state index contributed by atoms with van der Waals surface area (Å²) in [5.41, 5.74) is 0.591. The summed E-state index contributed by atoms with van der Waals surface area (Å²) in [6.45, 7) is 0. The van der Waals surface area contributed by atoms with Crippen molar-refractivity contribution in [3.05, 3.63) is 74.6 Å². The van der Waals surface area contributed by atoms with Gasteiger partial charge in [0.2, 0.25) is 5.76 Å². The number of halogens is 1. The van der Waals surface area contributed by atoms with Crippen LogP contribution in [0, 0.1) is 0 Å². The van der Waals surface area contributed by atoms with E-state index < -0.39 is 27.8 Å². The summed E-state index contributed by atoms with van der Waals surface area (Å²) in [7, 11) is -3.27. The maximum absolute atomic E-state index is 13.4. The van der Waals surface area contributed by atoms with E-state index >= 15 is 0 Å². The minimum absolute atomic E-state index is 0.0148. The minimum Gasteiger partial charge on any atom is -0.508 e. The van der Waals surface area contributed by atoms with Crippen LogP contribution in [0.1, 0.15) is 34.1 Å². The van der Waals surface area contributed by atoms with Crippen molar-refractivity contribution in [3.8, 4) is 5.75 Å². The molecule has 0 radical (unpaired) electrons. The standard InChI is InChI=1S/C21H16ClNO6S/c22-12-3-6-16-15(9-12)19(25)17-18(11-1-4-14(24)5-2-11)23(21(26)20(17)29-16)13-7-8-30(27,28)10-13/h1-6,9,13,18,24H,7-8,10H2. The van der Waals surface area contributed by atoms with Crippen molar-refractivity contribution in [2.75, 3.05) is 11.5 Å². The van der Waals surface area contributed by atoms with Crippen molar-refractivity contribution < 1.29 is 22.7 Å². The van der Waals surface area contributed by atoms with Gasteiger partial charge in [0.15, 0.2) is 15.3 Å². The summed E-state index contributed by atoms with van der Waals surface area (Å²) in [5.74, 6) is -0.744. The number of hydrogen-bond donors (Lipinski definition) is 1. The molecule has 1 amide bonds. The van der Waals surface area contributed by atoms with E-state index in [4.69, 9.17) is 16.0 Å². The molecule has 3 aromatic rings. The first-order valence-electron chi connectivity index (χ1n) is 9.33. The molecule has 7 nitrogen and oxygen atoms in total. The SMILES string of the molecule is O=C1c2oc3ccc(Cl)cc3c(=O)c2C(c2ccc(O)cc2)N1C1CCS(=O)(=O)C1. The Morgan fingerprint density at radius 2 is 1.83 bits per heavy atom. The van der Waals surface area contributed by atoms with Gasteiger partial charge in [0.25, 0.3) is 5.91 Å². The van der Waals surface area contributed by atoms with Crippen molar-refractivity contribution in [2.24, 2.45) is 0 Å². The summed E-state index contributed by atoms with van der Waals surface area (Å²) in [5, 5.41) is 10.3. The average molecular weight is 446 g/mol. The highest BCUT2D eigenvalue weighted by atomic mass is 35.5. The predicted molar refractivity (Wildman–Crippen MR) is 111 cm³/mol. The van der Waals surface area contributed by atoms with E-state index in [1.165, 1.54) is 29.2 Å². The van der Waals surface area contributed by atoms with Gasteiger partial charge in [-0.15, -0.1) is 0 Å². The first-order valence-corrected chi connectivity index (χ1v) is 11.5. The lowest BCUT2D eigenvalue weighted by atomic mass is 9.97. The van der Waals surface area contributed by atoms with E-state index in [1.807, 2.05) is 0 Å². The fraction of sp³-hybridized carbons (Fsp3) is 0.238. The van der Waals surface area contributed by atoms with Crippen LogP contribution >= 0.6 is 11.6 Å². The zero-order chi connectivity index (χ0) is 21.2. The molecule has 5 rings (SSSR count). The number of carbonyl (C=O) groups is 1. The number of carbonyl (C=O) groups excluding carboxylic acids is 1. The Kier molecular flexibility index (Phi) is 4.20. The zero-order valence-corrected chi connectivity index (χ0v) is 17.1. The van der Waals surface area contributed by atoms with Crippen LogP contribution in [-0.2, 0) is 9.84 Å². The Labute approximate surface area is 176 Å². The first kappa shape index (κ1) is 19.1. The van der Waals surface area contributed by atoms with E-state index in [-0.39, 0.29) is 51.4 Å². The lowest BCUT2D eigenvalue weighted by molar-refractivity contribution is 0.0662. The van der Waals surface area contributed by atoms with Crippen LogP contribution in [-0.4, -0.2) is 41.9 Å². The van der Waals surface area contributed by atoms with E-state index in [0.29, 0.717) is 10.6 Å². The van der Waals surface area contributed by atoms with Crippen LogP contribution in [0.15, 0.2) is 51.7 Å². The van der Waals surface area contributed by atoms with Crippen LogP contribution in [0.5, 0.6) is 5.75 Å². The summed E-state index contributed by atoms with van der Waals surface area (Å²) in [4.78, 5) is 28.2. The van der Waals surface area contributed by atoms with Gasteiger partial charge in [-0.1, -0.05) is 23.7 Å². The van der Waals surface area contributed by atoms with E-state index in [0.717, 1.165) is 0 Å². The second-order valence-electron chi connectivity index (χ2n) is 7.58. The Morgan fingerprint density at radius 1 is 1.10 bits per heavy atom. The molecule has 154 valence electrons. The number of phenolic OH excluding ortho intramolecular Hbond substituents is 1. The quantitative estimate of drug-likeness (QED) is 0.650. The molecule has 1 saturated heterocycles. The largest absolute Gasteiger partial charge is 0.508 e. The van der Waals surface area contributed by atoms with E-state index in [1.54, 1.807) is 18.2 Å². The first-order chi connectivity index (χ1) is 14.2. The highest BCUT2D eigenvalue weighted by Crippen LogP contribution is 2.41. The van der Waals surface area contributed by atoms with Gasteiger partial charge in [-0.3, -0.25) is 9.59 Å². The Balaban J connectivity index is 1.77. The Bertz CT molecular complexity index is 1360.